The summed E-state index contributed by atoms with van der Waals surface area (Å²) in [5.74, 6) is -0.696. The maximum Gasteiger partial charge on any atom is 0.246 e. The van der Waals surface area contributed by atoms with E-state index in [0.29, 0.717) is 25.9 Å². The summed E-state index contributed by atoms with van der Waals surface area (Å²) in [5.41, 5.74) is 4.39. The van der Waals surface area contributed by atoms with Gasteiger partial charge in [0.05, 0.1) is 16.1 Å². The van der Waals surface area contributed by atoms with Crippen molar-refractivity contribution in [3.05, 3.63) is 41.0 Å². The van der Waals surface area contributed by atoms with Crippen LogP contribution in [-0.4, -0.2) is 57.9 Å². The molecule has 0 spiro atoms. The molecule has 190 valence electrons. The second kappa shape index (κ2) is 11.8. The molecule has 3 amide bonds. The van der Waals surface area contributed by atoms with Gasteiger partial charge in [-0.3, -0.25) is 14.4 Å². The lowest BCUT2D eigenvalue weighted by Crippen LogP contribution is -2.57. The zero-order valence-corrected chi connectivity index (χ0v) is 21.8. The van der Waals surface area contributed by atoms with Crippen molar-refractivity contribution in [2.75, 3.05) is 13.2 Å². The molecule has 1 aromatic heterocycles. The first-order valence-corrected chi connectivity index (χ1v) is 13.0. The van der Waals surface area contributed by atoms with Gasteiger partial charge in [0.1, 0.15) is 12.1 Å². The Balaban J connectivity index is 1.62. The van der Waals surface area contributed by atoms with Crippen molar-refractivity contribution in [3.63, 3.8) is 0 Å². The predicted octanol–water partition coefficient (Wildman–Crippen LogP) is 3.03. The molecular weight excluding hydrogens is 464 g/mol. The zero-order chi connectivity index (χ0) is 25.6. The van der Waals surface area contributed by atoms with Gasteiger partial charge in [-0.15, -0.1) is 11.3 Å². The minimum atomic E-state index is -0.746. The molecule has 1 saturated heterocycles. The largest absolute Gasteiger partial charge is 0.396 e. The van der Waals surface area contributed by atoms with Gasteiger partial charge >= 0.3 is 0 Å². The lowest BCUT2D eigenvalue weighted by atomic mass is 9.85. The Bertz CT molecular complexity index is 1030. The molecule has 1 aromatic carbocycles. The van der Waals surface area contributed by atoms with Gasteiger partial charge in [-0.1, -0.05) is 45.0 Å². The van der Waals surface area contributed by atoms with Crippen LogP contribution in [0.25, 0.3) is 10.4 Å². The van der Waals surface area contributed by atoms with E-state index in [2.05, 4.69) is 15.6 Å². The minimum Gasteiger partial charge on any atom is -0.396 e. The highest BCUT2D eigenvalue weighted by Crippen LogP contribution is 2.28. The van der Waals surface area contributed by atoms with E-state index < -0.39 is 17.5 Å². The van der Waals surface area contributed by atoms with E-state index in [4.69, 9.17) is 5.11 Å². The van der Waals surface area contributed by atoms with Crippen LogP contribution < -0.4 is 10.6 Å². The van der Waals surface area contributed by atoms with Crippen LogP contribution in [0.3, 0.4) is 0 Å². The van der Waals surface area contributed by atoms with Gasteiger partial charge in [0.15, 0.2) is 0 Å². The van der Waals surface area contributed by atoms with Crippen LogP contribution >= 0.6 is 11.3 Å². The highest BCUT2D eigenvalue weighted by atomic mass is 32.1. The molecule has 1 fully saturated rings. The standard InChI is InChI=1S/C26H36N4O4S/c1-17-22(35-16-28-17)19-11-9-18(10-12-19)15-27-24(33)20-7-5-13-30(20)25(34)23(26(2,3)4)29-21(32)8-6-14-31/h9-12,16,20,23,31H,5-8,13-15H2,1-4H3,(H,27,33)(H,29,32)/t20-,23+/m0/s1. The number of carbonyl (C=O) groups excluding carboxylic acids is 3. The SMILES string of the molecule is Cc1ncsc1-c1ccc(CNC(=O)[C@@H]2CCCN2C(=O)[C@@H](NC(=O)CCCO)C(C)(C)C)cc1. The van der Waals surface area contributed by atoms with Crippen LogP contribution in [0.1, 0.15) is 57.7 Å². The number of likely N-dealkylation sites (tertiary alicyclic amines) is 1. The summed E-state index contributed by atoms with van der Waals surface area (Å²) in [5, 5.41) is 14.8. The molecule has 2 aromatic rings. The van der Waals surface area contributed by atoms with Gasteiger partial charge in [0.25, 0.3) is 0 Å². The van der Waals surface area contributed by atoms with E-state index in [1.807, 2.05) is 57.5 Å². The van der Waals surface area contributed by atoms with E-state index in [1.165, 1.54) is 0 Å². The third-order valence-electron chi connectivity index (χ3n) is 6.25. The van der Waals surface area contributed by atoms with Gasteiger partial charge in [-0.05, 0) is 42.7 Å². The first kappa shape index (κ1) is 26.8. The fourth-order valence-electron chi connectivity index (χ4n) is 4.25. The van der Waals surface area contributed by atoms with Crippen molar-refractivity contribution in [2.24, 2.45) is 5.41 Å². The van der Waals surface area contributed by atoms with Crippen LogP contribution in [0.2, 0.25) is 0 Å². The zero-order valence-electron chi connectivity index (χ0n) is 21.0. The number of nitrogens with one attached hydrogen (secondary N) is 2. The van der Waals surface area contributed by atoms with Gasteiger partial charge in [-0.25, -0.2) is 4.98 Å². The Labute approximate surface area is 211 Å². The van der Waals surface area contributed by atoms with Crippen LogP contribution in [0.5, 0.6) is 0 Å². The molecule has 0 saturated carbocycles. The third-order valence-corrected chi connectivity index (χ3v) is 7.22. The van der Waals surface area contributed by atoms with Crippen LogP contribution in [0.4, 0.5) is 0 Å². The molecule has 0 radical (unpaired) electrons. The number of aliphatic hydroxyl groups excluding tert-OH is 1. The Morgan fingerprint density at radius 1 is 1.23 bits per heavy atom. The lowest BCUT2D eigenvalue weighted by molar-refractivity contribution is -0.144. The van der Waals surface area contributed by atoms with Gasteiger partial charge in [0, 0.05) is 26.1 Å². The molecular formula is C26H36N4O4S. The molecule has 3 N–H and O–H groups in total. The number of hydrogen-bond acceptors (Lipinski definition) is 6. The van der Waals surface area contributed by atoms with E-state index in [0.717, 1.165) is 28.1 Å². The summed E-state index contributed by atoms with van der Waals surface area (Å²) in [4.78, 5) is 45.8. The number of carbonyl (C=O) groups is 3. The van der Waals surface area contributed by atoms with E-state index in [9.17, 15) is 14.4 Å². The number of aryl methyl sites for hydroxylation is 1. The number of benzene rings is 1. The molecule has 9 heteroatoms. The average molecular weight is 501 g/mol. The smallest absolute Gasteiger partial charge is 0.246 e. The Morgan fingerprint density at radius 3 is 2.54 bits per heavy atom. The second-order valence-electron chi connectivity index (χ2n) is 10.1. The quantitative estimate of drug-likeness (QED) is 0.490. The van der Waals surface area contributed by atoms with E-state index >= 15 is 0 Å². The highest BCUT2D eigenvalue weighted by Gasteiger charge is 2.41. The summed E-state index contributed by atoms with van der Waals surface area (Å²) in [6, 6.07) is 6.74. The normalized spacial score (nSPS) is 16.7. The summed E-state index contributed by atoms with van der Waals surface area (Å²) in [7, 11) is 0. The predicted molar refractivity (Wildman–Crippen MR) is 137 cm³/mol. The van der Waals surface area contributed by atoms with Gasteiger partial charge in [-0.2, -0.15) is 0 Å². The molecule has 0 unspecified atom stereocenters. The van der Waals surface area contributed by atoms with E-state index in [-0.39, 0.29) is 30.7 Å². The van der Waals surface area contributed by atoms with E-state index in [1.54, 1.807) is 16.2 Å². The van der Waals surface area contributed by atoms with Crippen molar-refractivity contribution >= 4 is 29.1 Å². The van der Waals surface area contributed by atoms with Crippen molar-refractivity contribution in [1.82, 2.24) is 20.5 Å². The molecule has 0 aliphatic carbocycles. The second-order valence-corrected chi connectivity index (χ2v) is 10.9. The van der Waals surface area contributed by atoms with Crippen molar-refractivity contribution in [3.8, 4) is 10.4 Å². The molecule has 35 heavy (non-hydrogen) atoms. The number of hydrogen-bond donors (Lipinski definition) is 3. The molecule has 3 rings (SSSR count). The maximum atomic E-state index is 13.4. The monoisotopic (exact) mass is 500 g/mol. The number of aliphatic hydroxyl groups is 1. The number of thiazole rings is 1. The van der Waals surface area contributed by atoms with Crippen molar-refractivity contribution < 1.29 is 19.5 Å². The number of aromatic nitrogens is 1. The molecule has 8 nitrogen and oxygen atoms in total. The van der Waals surface area contributed by atoms with Crippen LogP contribution in [0.15, 0.2) is 29.8 Å². The van der Waals surface area contributed by atoms with Gasteiger partial charge < -0.3 is 20.6 Å². The molecule has 2 atom stereocenters. The Hall–Kier alpha value is -2.78. The van der Waals surface area contributed by atoms with Crippen molar-refractivity contribution in [2.45, 2.75) is 72.0 Å². The Morgan fingerprint density at radius 2 is 1.94 bits per heavy atom. The summed E-state index contributed by atoms with van der Waals surface area (Å²) < 4.78 is 0. The molecule has 1 aliphatic heterocycles. The fourth-order valence-corrected chi connectivity index (χ4v) is 5.06. The first-order chi connectivity index (χ1) is 16.6. The highest BCUT2D eigenvalue weighted by molar-refractivity contribution is 7.13. The summed E-state index contributed by atoms with van der Waals surface area (Å²) in [6.07, 6.45) is 1.83. The lowest BCUT2D eigenvalue weighted by Gasteiger charge is -2.35. The Kier molecular flexibility index (Phi) is 9.02. The minimum absolute atomic E-state index is 0.0798. The fraction of sp³-hybridized carbons (Fsp3) is 0.538. The molecule has 2 heterocycles. The van der Waals surface area contributed by atoms with Crippen LogP contribution in [0, 0.1) is 12.3 Å². The third kappa shape index (κ3) is 6.89. The summed E-state index contributed by atoms with van der Waals surface area (Å²) >= 11 is 1.60. The average Bonchev–Trinajstić information content (AvgIpc) is 3.48. The molecule has 0 bridgehead atoms. The van der Waals surface area contributed by atoms with Crippen molar-refractivity contribution in [1.29, 1.82) is 0 Å². The topological polar surface area (TPSA) is 112 Å². The number of rotatable bonds is 9. The first-order valence-electron chi connectivity index (χ1n) is 12.1. The molecule has 1 aliphatic rings. The summed E-state index contributed by atoms with van der Waals surface area (Å²) in [6.45, 7) is 8.45. The maximum absolute atomic E-state index is 13.4. The number of amides is 3. The van der Waals surface area contributed by atoms with Gasteiger partial charge in [0.2, 0.25) is 17.7 Å². The number of nitrogens with zero attached hydrogens (tertiary/aromatic N) is 2. The van der Waals surface area contributed by atoms with Crippen LogP contribution in [-0.2, 0) is 20.9 Å².